The monoisotopic (exact) mass is 340 g/mol. The average Bonchev–Trinajstić information content (AvgIpc) is 2.93. The maximum Gasteiger partial charge on any atom is 0.262 e. The van der Waals surface area contributed by atoms with Crippen molar-refractivity contribution in [3.8, 4) is 11.8 Å². The molecule has 1 heterocycles. The SMILES string of the molecule is O=C1c2ccccc2C(=O)N1CC#CCNc1cccc2ccccc12. The van der Waals surface area contributed by atoms with Crippen LogP contribution in [0.3, 0.4) is 0 Å². The highest BCUT2D eigenvalue weighted by atomic mass is 16.2. The van der Waals surface area contributed by atoms with E-state index >= 15 is 0 Å². The minimum absolute atomic E-state index is 0.101. The lowest BCUT2D eigenvalue weighted by atomic mass is 10.1. The summed E-state index contributed by atoms with van der Waals surface area (Å²) in [7, 11) is 0. The van der Waals surface area contributed by atoms with Gasteiger partial charge in [0.15, 0.2) is 0 Å². The van der Waals surface area contributed by atoms with E-state index in [2.05, 4.69) is 35.4 Å². The smallest absolute Gasteiger partial charge is 0.262 e. The first kappa shape index (κ1) is 15.9. The topological polar surface area (TPSA) is 49.4 Å². The number of nitrogens with one attached hydrogen (secondary N) is 1. The summed E-state index contributed by atoms with van der Waals surface area (Å²) in [4.78, 5) is 25.7. The molecule has 126 valence electrons. The Balaban J connectivity index is 1.41. The van der Waals surface area contributed by atoms with E-state index in [0.29, 0.717) is 17.7 Å². The van der Waals surface area contributed by atoms with Gasteiger partial charge in [0.2, 0.25) is 0 Å². The van der Waals surface area contributed by atoms with Gasteiger partial charge >= 0.3 is 0 Å². The normalized spacial score (nSPS) is 12.7. The number of carbonyl (C=O) groups excluding carboxylic acids is 2. The van der Waals surface area contributed by atoms with Gasteiger partial charge in [0.05, 0.1) is 24.2 Å². The Morgan fingerprint density at radius 3 is 2.19 bits per heavy atom. The second-order valence-electron chi connectivity index (χ2n) is 5.98. The van der Waals surface area contributed by atoms with Crippen molar-refractivity contribution in [1.82, 2.24) is 4.90 Å². The van der Waals surface area contributed by atoms with Crippen molar-refractivity contribution in [2.24, 2.45) is 0 Å². The third kappa shape index (κ3) is 2.80. The number of rotatable bonds is 3. The molecule has 0 spiro atoms. The molecule has 0 radical (unpaired) electrons. The van der Waals surface area contributed by atoms with Crippen molar-refractivity contribution in [2.75, 3.05) is 18.4 Å². The number of anilines is 1. The van der Waals surface area contributed by atoms with Crippen LogP contribution in [0.5, 0.6) is 0 Å². The van der Waals surface area contributed by atoms with Crippen molar-refractivity contribution >= 4 is 28.3 Å². The number of nitrogens with zero attached hydrogens (tertiary/aromatic N) is 1. The van der Waals surface area contributed by atoms with Crippen LogP contribution in [0.15, 0.2) is 66.7 Å². The summed E-state index contributed by atoms with van der Waals surface area (Å²) in [6, 6.07) is 21.1. The third-order valence-corrected chi connectivity index (χ3v) is 4.40. The van der Waals surface area contributed by atoms with Crippen molar-refractivity contribution in [3.63, 3.8) is 0 Å². The molecule has 3 aromatic rings. The molecule has 0 saturated carbocycles. The molecule has 1 aliphatic rings. The summed E-state index contributed by atoms with van der Waals surface area (Å²) in [5, 5.41) is 5.59. The lowest BCUT2D eigenvalue weighted by Crippen LogP contribution is -2.30. The molecule has 1 N–H and O–H groups in total. The van der Waals surface area contributed by atoms with Gasteiger partial charge in [-0.25, -0.2) is 0 Å². The first-order chi connectivity index (χ1) is 12.8. The van der Waals surface area contributed by atoms with Gasteiger partial charge in [-0.2, -0.15) is 0 Å². The minimum atomic E-state index is -0.276. The summed E-state index contributed by atoms with van der Waals surface area (Å²) < 4.78 is 0. The second-order valence-corrected chi connectivity index (χ2v) is 5.98. The molecule has 4 rings (SSSR count). The standard InChI is InChI=1S/C22H16N2O2/c25-21-18-11-3-4-12-19(18)22(26)24(21)15-6-5-14-23-20-13-7-9-16-8-1-2-10-17(16)20/h1-4,7-13,23H,14-15H2. The average molecular weight is 340 g/mol. The molecule has 26 heavy (non-hydrogen) atoms. The number of carbonyl (C=O) groups is 2. The number of benzene rings is 3. The zero-order valence-corrected chi connectivity index (χ0v) is 14.0. The minimum Gasteiger partial charge on any atom is -0.374 e. The Bertz CT molecular complexity index is 1040. The van der Waals surface area contributed by atoms with Gasteiger partial charge in [-0.3, -0.25) is 14.5 Å². The third-order valence-electron chi connectivity index (χ3n) is 4.40. The second kappa shape index (κ2) is 6.73. The van der Waals surface area contributed by atoms with Gasteiger partial charge in [-0.1, -0.05) is 60.4 Å². The maximum atomic E-state index is 12.3. The quantitative estimate of drug-likeness (QED) is 0.586. The van der Waals surface area contributed by atoms with Crippen LogP contribution in [0.4, 0.5) is 5.69 Å². The summed E-state index contributed by atoms with van der Waals surface area (Å²) in [5.74, 6) is 5.35. The summed E-state index contributed by atoms with van der Waals surface area (Å²) in [5.41, 5.74) is 1.92. The van der Waals surface area contributed by atoms with E-state index < -0.39 is 0 Å². The van der Waals surface area contributed by atoms with Crippen molar-refractivity contribution in [1.29, 1.82) is 0 Å². The van der Waals surface area contributed by atoms with E-state index in [1.54, 1.807) is 24.3 Å². The first-order valence-corrected chi connectivity index (χ1v) is 8.38. The molecule has 0 fully saturated rings. The summed E-state index contributed by atoms with van der Waals surface area (Å²) in [6.07, 6.45) is 0. The largest absolute Gasteiger partial charge is 0.374 e. The van der Waals surface area contributed by atoms with E-state index in [1.807, 2.05) is 24.3 Å². The summed E-state index contributed by atoms with van der Waals surface area (Å²) >= 11 is 0. The van der Waals surface area contributed by atoms with Gasteiger partial charge in [0, 0.05) is 11.1 Å². The molecule has 0 aliphatic carbocycles. The molecule has 4 heteroatoms. The molecule has 0 saturated heterocycles. The lowest BCUT2D eigenvalue weighted by molar-refractivity contribution is 0.0675. The Morgan fingerprint density at radius 2 is 1.42 bits per heavy atom. The van der Waals surface area contributed by atoms with Gasteiger partial charge < -0.3 is 5.32 Å². The van der Waals surface area contributed by atoms with Crippen LogP contribution >= 0.6 is 0 Å². The van der Waals surface area contributed by atoms with Gasteiger partial charge in [0.25, 0.3) is 11.8 Å². The van der Waals surface area contributed by atoms with E-state index in [-0.39, 0.29) is 18.4 Å². The fourth-order valence-electron chi connectivity index (χ4n) is 3.10. The zero-order valence-electron chi connectivity index (χ0n) is 14.0. The molecule has 2 amide bonds. The van der Waals surface area contributed by atoms with Gasteiger partial charge in [-0.15, -0.1) is 0 Å². The Hall–Kier alpha value is -3.58. The summed E-state index contributed by atoms with van der Waals surface area (Å²) in [6.45, 7) is 0.542. The van der Waals surface area contributed by atoms with Crippen LogP contribution < -0.4 is 5.32 Å². The molecule has 4 nitrogen and oxygen atoms in total. The number of imide groups is 1. The fraction of sp³-hybridized carbons (Fsp3) is 0.0909. The number of hydrogen-bond acceptors (Lipinski definition) is 3. The Kier molecular flexibility index (Phi) is 4.12. The lowest BCUT2D eigenvalue weighted by Gasteiger charge is -2.09. The molecule has 1 aliphatic heterocycles. The molecule has 3 aromatic carbocycles. The molecule has 0 unspecified atom stereocenters. The van der Waals surface area contributed by atoms with Gasteiger partial charge in [0.1, 0.15) is 0 Å². The van der Waals surface area contributed by atoms with E-state index in [0.717, 1.165) is 16.5 Å². The molecule has 0 aromatic heterocycles. The van der Waals surface area contributed by atoms with Crippen LogP contribution in [-0.2, 0) is 0 Å². The van der Waals surface area contributed by atoms with Crippen LogP contribution in [0.2, 0.25) is 0 Å². The van der Waals surface area contributed by atoms with Crippen molar-refractivity contribution in [2.45, 2.75) is 0 Å². The van der Waals surface area contributed by atoms with E-state index in [9.17, 15) is 9.59 Å². The number of fused-ring (bicyclic) bond motifs is 2. The fourth-order valence-corrected chi connectivity index (χ4v) is 3.10. The molecular formula is C22H16N2O2. The van der Waals surface area contributed by atoms with Crippen molar-refractivity contribution in [3.05, 3.63) is 77.9 Å². The highest BCUT2D eigenvalue weighted by Gasteiger charge is 2.34. The maximum absolute atomic E-state index is 12.3. The van der Waals surface area contributed by atoms with Crippen molar-refractivity contribution < 1.29 is 9.59 Å². The van der Waals surface area contributed by atoms with Crippen LogP contribution in [0.25, 0.3) is 10.8 Å². The van der Waals surface area contributed by atoms with E-state index in [4.69, 9.17) is 0 Å². The van der Waals surface area contributed by atoms with Gasteiger partial charge in [-0.05, 0) is 23.6 Å². The van der Waals surface area contributed by atoms with E-state index in [1.165, 1.54) is 4.90 Å². The predicted octanol–water partition coefficient (Wildman–Crippen LogP) is 3.55. The molecule has 0 atom stereocenters. The first-order valence-electron chi connectivity index (χ1n) is 8.38. The molecular weight excluding hydrogens is 324 g/mol. The highest BCUT2D eigenvalue weighted by Crippen LogP contribution is 2.23. The number of hydrogen-bond donors (Lipinski definition) is 1. The van der Waals surface area contributed by atoms with Crippen LogP contribution in [0, 0.1) is 11.8 Å². The Morgan fingerprint density at radius 1 is 0.769 bits per heavy atom. The predicted molar refractivity (Wildman–Crippen MR) is 102 cm³/mol. The molecule has 0 bridgehead atoms. The van der Waals surface area contributed by atoms with Crippen LogP contribution in [0.1, 0.15) is 20.7 Å². The Labute approximate surface area is 151 Å². The zero-order chi connectivity index (χ0) is 17.9. The van der Waals surface area contributed by atoms with Crippen LogP contribution in [-0.4, -0.2) is 29.8 Å². The number of amides is 2. The highest BCUT2D eigenvalue weighted by molar-refractivity contribution is 6.21.